The van der Waals surface area contributed by atoms with Crippen molar-refractivity contribution in [3.8, 4) is 6.07 Å². The zero-order valence-corrected chi connectivity index (χ0v) is 23.7. The molecule has 0 unspecified atom stereocenters. The number of aromatic nitrogens is 2. The topological polar surface area (TPSA) is 59.9 Å². The lowest BCUT2D eigenvalue weighted by Crippen LogP contribution is -2.49. The molecule has 1 atom stereocenters. The van der Waals surface area contributed by atoms with E-state index in [9.17, 15) is 5.26 Å². The molecule has 1 fully saturated rings. The van der Waals surface area contributed by atoms with Crippen molar-refractivity contribution >= 4 is 40.5 Å². The van der Waals surface area contributed by atoms with Gasteiger partial charge in [0.25, 0.3) is 0 Å². The molecule has 7 heteroatoms. The largest absolute Gasteiger partial charge is 0.355 e. The van der Waals surface area contributed by atoms with Crippen LogP contribution in [-0.4, -0.2) is 56.9 Å². The van der Waals surface area contributed by atoms with Gasteiger partial charge in [0.2, 0.25) is 0 Å². The second kappa shape index (κ2) is 11.0. The molecule has 2 aliphatic rings. The van der Waals surface area contributed by atoms with Gasteiger partial charge in [0, 0.05) is 37.1 Å². The Bertz CT molecular complexity index is 1330. The Hall–Kier alpha value is -2.56. The summed E-state index contributed by atoms with van der Waals surface area (Å²) in [6, 6.07) is 10.8. The number of rotatable bonds is 9. The number of unbranched alkanes of at least 4 members (excludes halogenated alkanes) is 5. The molecule has 0 spiro atoms. The normalized spacial score (nSPS) is 19.8. The third-order valence-electron chi connectivity index (χ3n) is 7.83. The molecule has 2 aromatic heterocycles. The second-order valence-electron chi connectivity index (χ2n) is 11.0. The minimum atomic E-state index is 0.109. The number of imidazole rings is 1. The average molecular weight is 517 g/mol. The first-order valence-electron chi connectivity index (χ1n) is 14.0. The van der Waals surface area contributed by atoms with Crippen LogP contribution in [0.2, 0.25) is 0 Å². The lowest BCUT2D eigenvalue weighted by molar-refractivity contribution is 0.246. The van der Waals surface area contributed by atoms with Gasteiger partial charge in [-0.3, -0.25) is 14.3 Å². The number of nitrogens with zero attached hydrogens (tertiary/aromatic N) is 6. The summed E-state index contributed by atoms with van der Waals surface area (Å²) in [6.07, 6.45) is 10.7. The zero-order chi connectivity index (χ0) is 26.0. The SMILES string of the molecule is CCCCCCCCc1c(C)c(C#N)c2nc3ccccc3n2c1N1CCN([C@H]2N=CC(C)(C)S2)CC1. The van der Waals surface area contributed by atoms with Crippen LogP contribution in [0, 0.1) is 18.3 Å². The van der Waals surface area contributed by atoms with Gasteiger partial charge in [-0.05, 0) is 56.9 Å². The van der Waals surface area contributed by atoms with Crippen LogP contribution < -0.4 is 4.90 Å². The van der Waals surface area contributed by atoms with Gasteiger partial charge in [0.15, 0.2) is 5.65 Å². The summed E-state index contributed by atoms with van der Waals surface area (Å²) >= 11 is 1.94. The van der Waals surface area contributed by atoms with Gasteiger partial charge in [-0.25, -0.2) is 4.98 Å². The minimum Gasteiger partial charge on any atom is -0.355 e. The average Bonchev–Trinajstić information content (AvgIpc) is 3.46. The van der Waals surface area contributed by atoms with E-state index < -0.39 is 0 Å². The van der Waals surface area contributed by atoms with Gasteiger partial charge in [-0.15, -0.1) is 11.8 Å². The Balaban J connectivity index is 1.50. The van der Waals surface area contributed by atoms with E-state index in [1.807, 2.05) is 17.8 Å². The third-order valence-corrected chi connectivity index (χ3v) is 9.18. The molecule has 37 heavy (non-hydrogen) atoms. The smallest absolute Gasteiger partial charge is 0.157 e. The van der Waals surface area contributed by atoms with Crippen LogP contribution in [0.1, 0.15) is 76.0 Å². The van der Waals surface area contributed by atoms with Gasteiger partial charge >= 0.3 is 0 Å². The quantitative estimate of drug-likeness (QED) is 0.301. The molecule has 0 N–H and O–H groups in total. The van der Waals surface area contributed by atoms with E-state index in [0.717, 1.165) is 66.8 Å². The Morgan fingerprint density at radius 1 is 1.05 bits per heavy atom. The lowest BCUT2D eigenvalue weighted by atomic mass is 9.97. The summed E-state index contributed by atoms with van der Waals surface area (Å²) in [6.45, 7) is 12.7. The predicted molar refractivity (Wildman–Crippen MR) is 157 cm³/mol. The number of pyridine rings is 1. The number of hydrogen-bond donors (Lipinski definition) is 0. The van der Waals surface area contributed by atoms with E-state index in [1.54, 1.807) is 0 Å². The summed E-state index contributed by atoms with van der Waals surface area (Å²) < 4.78 is 2.40. The number of piperazine rings is 1. The zero-order valence-electron chi connectivity index (χ0n) is 22.8. The van der Waals surface area contributed by atoms with Crippen LogP contribution in [0.4, 0.5) is 5.82 Å². The molecule has 0 bridgehead atoms. The van der Waals surface area contributed by atoms with E-state index >= 15 is 0 Å². The number of nitriles is 1. The first-order valence-corrected chi connectivity index (χ1v) is 14.9. The third kappa shape index (κ3) is 5.24. The highest BCUT2D eigenvalue weighted by Crippen LogP contribution is 2.38. The molecule has 1 aromatic carbocycles. The standard InChI is InChI=1S/C30H40N6S/c1-5-6-7-8-9-10-13-23-22(2)24(20-31)27-33-25-14-11-12-15-26(25)36(27)28(23)34-16-18-35(19-17-34)29-32-21-30(3,4)37-29/h11-12,14-15,21,29H,5-10,13,16-19H2,1-4H3/t29-/m1/s1. The Kier molecular flexibility index (Phi) is 7.78. The molecule has 0 amide bonds. The van der Waals surface area contributed by atoms with Gasteiger partial charge in [0.05, 0.1) is 16.6 Å². The Morgan fingerprint density at radius 3 is 2.49 bits per heavy atom. The van der Waals surface area contributed by atoms with Crippen molar-refractivity contribution in [2.75, 3.05) is 31.1 Å². The van der Waals surface area contributed by atoms with Crippen molar-refractivity contribution in [3.05, 3.63) is 41.0 Å². The number of thioether (sulfide) groups is 1. The highest BCUT2D eigenvalue weighted by Gasteiger charge is 2.34. The molecule has 1 saturated heterocycles. The maximum Gasteiger partial charge on any atom is 0.157 e. The second-order valence-corrected chi connectivity index (χ2v) is 12.7. The molecule has 4 heterocycles. The number of fused-ring (bicyclic) bond motifs is 3. The van der Waals surface area contributed by atoms with Gasteiger partial charge in [-0.1, -0.05) is 51.2 Å². The van der Waals surface area contributed by atoms with E-state index in [0.29, 0.717) is 0 Å². The van der Waals surface area contributed by atoms with Crippen molar-refractivity contribution in [1.82, 2.24) is 14.3 Å². The number of benzene rings is 1. The van der Waals surface area contributed by atoms with Crippen molar-refractivity contribution in [3.63, 3.8) is 0 Å². The van der Waals surface area contributed by atoms with Crippen molar-refractivity contribution in [2.45, 2.75) is 82.9 Å². The summed E-state index contributed by atoms with van der Waals surface area (Å²) in [5, 5.41) is 10.2. The van der Waals surface area contributed by atoms with E-state index in [2.05, 4.69) is 72.4 Å². The summed E-state index contributed by atoms with van der Waals surface area (Å²) in [5.41, 5.74) is 6.21. The molecular weight excluding hydrogens is 476 g/mol. The maximum atomic E-state index is 10.2. The molecule has 6 nitrogen and oxygen atoms in total. The Labute approximate surface area is 225 Å². The molecule has 2 aliphatic heterocycles. The fourth-order valence-corrected chi connectivity index (χ4v) is 6.92. The van der Waals surface area contributed by atoms with Crippen molar-refractivity contribution < 1.29 is 0 Å². The highest BCUT2D eigenvalue weighted by atomic mass is 32.2. The van der Waals surface area contributed by atoms with Gasteiger partial charge in [-0.2, -0.15) is 5.26 Å². The van der Waals surface area contributed by atoms with Crippen molar-refractivity contribution in [1.29, 1.82) is 5.26 Å². The molecule has 3 aromatic rings. The minimum absolute atomic E-state index is 0.109. The monoisotopic (exact) mass is 516 g/mol. The fraction of sp³-hybridized carbons (Fsp3) is 0.567. The van der Waals surface area contributed by atoms with E-state index in [4.69, 9.17) is 9.98 Å². The van der Waals surface area contributed by atoms with Crippen LogP contribution in [0.5, 0.6) is 0 Å². The van der Waals surface area contributed by atoms with E-state index in [-0.39, 0.29) is 10.2 Å². The molecular formula is C30H40N6S. The van der Waals surface area contributed by atoms with Crippen LogP contribution in [0.3, 0.4) is 0 Å². The highest BCUT2D eigenvalue weighted by molar-refractivity contribution is 8.02. The fourth-order valence-electron chi connectivity index (χ4n) is 5.78. The number of aliphatic imine (C=N–C) groups is 1. The van der Waals surface area contributed by atoms with Gasteiger partial charge in [0.1, 0.15) is 17.4 Å². The molecule has 196 valence electrons. The summed E-state index contributed by atoms with van der Waals surface area (Å²) in [4.78, 5) is 14.8. The van der Waals surface area contributed by atoms with Crippen molar-refractivity contribution in [2.24, 2.45) is 4.99 Å². The van der Waals surface area contributed by atoms with Crippen LogP contribution in [0.15, 0.2) is 29.3 Å². The van der Waals surface area contributed by atoms with Crippen LogP contribution in [-0.2, 0) is 6.42 Å². The predicted octanol–water partition coefficient (Wildman–Crippen LogP) is 6.57. The van der Waals surface area contributed by atoms with E-state index in [1.165, 1.54) is 43.5 Å². The number of hydrogen-bond acceptors (Lipinski definition) is 6. The summed E-state index contributed by atoms with van der Waals surface area (Å²) in [5.74, 6) is 1.25. The number of anilines is 1. The molecule has 0 radical (unpaired) electrons. The van der Waals surface area contributed by atoms with Crippen LogP contribution in [0.25, 0.3) is 16.7 Å². The van der Waals surface area contributed by atoms with Gasteiger partial charge < -0.3 is 4.90 Å². The molecule has 5 rings (SSSR count). The maximum absolute atomic E-state index is 10.2. The first-order chi connectivity index (χ1) is 17.9. The summed E-state index contributed by atoms with van der Waals surface area (Å²) in [7, 11) is 0. The molecule has 0 saturated carbocycles. The number of para-hydroxylation sites is 2. The lowest BCUT2D eigenvalue weighted by Gasteiger charge is -2.39. The first kappa shape index (κ1) is 26.1. The Morgan fingerprint density at radius 2 is 1.78 bits per heavy atom. The van der Waals surface area contributed by atoms with Crippen LogP contribution >= 0.6 is 11.8 Å². The molecule has 0 aliphatic carbocycles.